The monoisotopic (exact) mass is 412 g/mol. The molecular formula is C26H36O4. The van der Waals surface area contributed by atoms with Crippen LogP contribution in [-0.2, 0) is 19.3 Å². The maximum Gasteiger partial charge on any atom is 0.309 e. The number of esters is 1. The molecule has 0 spiro atoms. The first-order chi connectivity index (χ1) is 14.5. The highest BCUT2D eigenvalue weighted by Crippen LogP contribution is 2.44. The van der Waals surface area contributed by atoms with E-state index in [0.29, 0.717) is 12.8 Å². The second-order valence-corrected chi connectivity index (χ2v) is 9.14. The van der Waals surface area contributed by atoms with E-state index in [1.165, 1.54) is 37.7 Å². The number of benzene rings is 1. The van der Waals surface area contributed by atoms with Crippen LogP contribution in [0.1, 0.15) is 83.6 Å². The number of hydrogen-bond acceptors (Lipinski definition) is 4. The Bertz CT molecular complexity index is 726. The maximum absolute atomic E-state index is 11.6. The summed E-state index contributed by atoms with van der Waals surface area (Å²) in [5.41, 5.74) is 0.335. The summed E-state index contributed by atoms with van der Waals surface area (Å²) in [6.07, 6.45) is 18.8. The van der Waals surface area contributed by atoms with Crippen molar-refractivity contribution in [2.24, 2.45) is 0 Å². The predicted molar refractivity (Wildman–Crippen MR) is 120 cm³/mol. The van der Waals surface area contributed by atoms with E-state index in [2.05, 4.69) is 55.5 Å². The van der Waals surface area contributed by atoms with Crippen LogP contribution in [0.2, 0.25) is 0 Å². The molecule has 0 aliphatic carbocycles. The summed E-state index contributed by atoms with van der Waals surface area (Å²) in [4.78, 5) is 22.8. The highest BCUT2D eigenvalue weighted by molar-refractivity contribution is 5.73. The minimum absolute atomic E-state index is 0.183. The quantitative estimate of drug-likeness (QED) is 0.179. The van der Waals surface area contributed by atoms with Gasteiger partial charge < -0.3 is 4.74 Å². The molecule has 1 aromatic rings. The van der Waals surface area contributed by atoms with Gasteiger partial charge in [0, 0.05) is 6.42 Å². The first-order valence-electron chi connectivity index (χ1n) is 11.4. The van der Waals surface area contributed by atoms with E-state index in [1.807, 2.05) is 13.0 Å². The second-order valence-electron chi connectivity index (χ2n) is 9.14. The molecule has 2 fully saturated rings. The van der Waals surface area contributed by atoms with Gasteiger partial charge in [-0.05, 0) is 38.7 Å². The topological polar surface area (TPSA) is 44.8 Å². The molecule has 0 unspecified atom stereocenters. The zero-order valence-corrected chi connectivity index (χ0v) is 18.5. The largest absolute Gasteiger partial charge is 0.456 e. The summed E-state index contributed by atoms with van der Waals surface area (Å²) < 4.78 is 5.52. The SMILES string of the molecule is C[C@]1(CCCCCCCCC=C/C=C/c2ccccc2)C[C@]2(C)OC(=O)C[C@@H]2OO1. The van der Waals surface area contributed by atoms with Crippen LogP contribution in [-0.4, -0.2) is 23.3 Å². The molecule has 2 aliphatic heterocycles. The molecule has 0 aromatic heterocycles. The number of rotatable bonds is 11. The first-order valence-corrected chi connectivity index (χ1v) is 11.4. The lowest BCUT2D eigenvalue weighted by Crippen LogP contribution is -2.51. The Balaban J connectivity index is 1.20. The molecule has 30 heavy (non-hydrogen) atoms. The molecule has 2 aliphatic rings. The first kappa shape index (κ1) is 22.8. The van der Waals surface area contributed by atoms with E-state index >= 15 is 0 Å². The van der Waals surface area contributed by atoms with Gasteiger partial charge in [-0.15, -0.1) is 0 Å². The number of allylic oxidation sites excluding steroid dienone is 3. The summed E-state index contributed by atoms with van der Waals surface area (Å²) in [5.74, 6) is -0.183. The third-order valence-corrected chi connectivity index (χ3v) is 6.13. The van der Waals surface area contributed by atoms with Crippen LogP contribution < -0.4 is 0 Å². The van der Waals surface area contributed by atoms with Crippen LogP contribution in [0.5, 0.6) is 0 Å². The van der Waals surface area contributed by atoms with Crippen molar-refractivity contribution >= 4 is 12.0 Å². The summed E-state index contributed by atoms with van der Waals surface area (Å²) in [6, 6.07) is 10.4. The standard InChI is InChI=1S/C26H36O4/c1-25(21-26(2)23(29-30-25)20-24(27)28-26)19-15-10-8-6-4-3-5-7-9-12-16-22-17-13-11-14-18-22/h7,9,11-14,16-18,23H,3-6,8,10,15,19-21H2,1-2H3/b9-7?,16-12+/t23-,25-,26-/m0/s1. The van der Waals surface area contributed by atoms with Gasteiger partial charge in [0.15, 0.2) is 0 Å². The summed E-state index contributed by atoms with van der Waals surface area (Å²) in [6.45, 7) is 4.04. The molecule has 0 amide bonds. The molecule has 0 N–H and O–H groups in total. The van der Waals surface area contributed by atoms with E-state index in [4.69, 9.17) is 14.5 Å². The van der Waals surface area contributed by atoms with Crippen LogP contribution in [0.4, 0.5) is 0 Å². The lowest BCUT2D eigenvalue weighted by atomic mass is 9.82. The zero-order chi connectivity index (χ0) is 21.3. The Morgan fingerprint density at radius 1 is 1.00 bits per heavy atom. The lowest BCUT2D eigenvalue weighted by molar-refractivity contribution is -0.428. The van der Waals surface area contributed by atoms with Gasteiger partial charge in [-0.3, -0.25) is 4.79 Å². The van der Waals surface area contributed by atoms with Crippen molar-refractivity contribution < 1.29 is 19.3 Å². The molecular weight excluding hydrogens is 376 g/mol. The Labute approximate surface area is 181 Å². The number of ether oxygens (including phenoxy) is 1. The van der Waals surface area contributed by atoms with Crippen molar-refractivity contribution in [2.45, 2.75) is 95.4 Å². The van der Waals surface area contributed by atoms with Crippen molar-refractivity contribution in [1.82, 2.24) is 0 Å². The number of fused-ring (bicyclic) bond motifs is 1. The van der Waals surface area contributed by atoms with Crippen LogP contribution in [0.3, 0.4) is 0 Å². The van der Waals surface area contributed by atoms with Crippen LogP contribution in [0.15, 0.2) is 48.6 Å². The smallest absolute Gasteiger partial charge is 0.309 e. The van der Waals surface area contributed by atoms with Crippen molar-refractivity contribution in [3.63, 3.8) is 0 Å². The van der Waals surface area contributed by atoms with Gasteiger partial charge in [-0.2, -0.15) is 0 Å². The van der Waals surface area contributed by atoms with E-state index < -0.39 is 5.60 Å². The normalized spacial score (nSPS) is 28.9. The van der Waals surface area contributed by atoms with Crippen molar-refractivity contribution in [2.75, 3.05) is 0 Å². The fourth-order valence-corrected chi connectivity index (χ4v) is 4.47. The van der Waals surface area contributed by atoms with Gasteiger partial charge in [0.05, 0.1) is 6.42 Å². The third-order valence-electron chi connectivity index (χ3n) is 6.13. The predicted octanol–water partition coefficient (Wildman–Crippen LogP) is 6.56. The van der Waals surface area contributed by atoms with Crippen LogP contribution in [0.25, 0.3) is 6.08 Å². The molecule has 2 saturated heterocycles. The van der Waals surface area contributed by atoms with Gasteiger partial charge in [-0.1, -0.05) is 86.7 Å². The number of hydrogen-bond donors (Lipinski definition) is 0. The molecule has 164 valence electrons. The minimum atomic E-state index is -0.534. The highest BCUT2D eigenvalue weighted by atomic mass is 17.2. The maximum atomic E-state index is 11.6. The Kier molecular flexibility index (Phi) is 8.29. The van der Waals surface area contributed by atoms with Crippen molar-refractivity contribution in [3.8, 4) is 0 Å². The van der Waals surface area contributed by atoms with Gasteiger partial charge >= 0.3 is 5.97 Å². The number of carbonyl (C=O) groups is 1. The van der Waals surface area contributed by atoms with E-state index in [-0.39, 0.29) is 17.7 Å². The Morgan fingerprint density at radius 3 is 2.53 bits per heavy atom. The molecule has 3 rings (SSSR count). The van der Waals surface area contributed by atoms with Gasteiger partial charge in [0.1, 0.15) is 17.3 Å². The molecule has 3 atom stereocenters. The molecule has 0 radical (unpaired) electrons. The van der Waals surface area contributed by atoms with Crippen molar-refractivity contribution in [3.05, 3.63) is 54.1 Å². The van der Waals surface area contributed by atoms with E-state index in [0.717, 1.165) is 19.3 Å². The molecule has 1 aromatic carbocycles. The van der Waals surface area contributed by atoms with Crippen molar-refractivity contribution in [1.29, 1.82) is 0 Å². The van der Waals surface area contributed by atoms with Crippen LogP contribution in [0, 0.1) is 0 Å². The summed E-state index contributed by atoms with van der Waals surface area (Å²) >= 11 is 0. The molecule has 4 heteroatoms. The molecule has 0 saturated carbocycles. The van der Waals surface area contributed by atoms with Crippen LogP contribution >= 0.6 is 0 Å². The lowest BCUT2D eigenvalue weighted by Gasteiger charge is -2.43. The average Bonchev–Trinajstić information content (AvgIpc) is 3.02. The highest BCUT2D eigenvalue weighted by Gasteiger charge is 2.55. The Hall–Kier alpha value is -1.91. The number of carbonyl (C=O) groups excluding carboxylic acids is 1. The van der Waals surface area contributed by atoms with Gasteiger partial charge in [0.2, 0.25) is 0 Å². The van der Waals surface area contributed by atoms with E-state index in [9.17, 15) is 4.79 Å². The van der Waals surface area contributed by atoms with Gasteiger partial charge in [0.25, 0.3) is 0 Å². The molecule has 0 bridgehead atoms. The minimum Gasteiger partial charge on any atom is -0.456 e. The van der Waals surface area contributed by atoms with Gasteiger partial charge in [-0.25, -0.2) is 9.78 Å². The molecule has 4 nitrogen and oxygen atoms in total. The Morgan fingerprint density at radius 2 is 1.73 bits per heavy atom. The average molecular weight is 413 g/mol. The number of unbranched alkanes of at least 4 members (excludes halogenated alkanes) is 6. The summed E-state index contributed by atoms with van der Waals surface area (Å²) in [5, 5.41) is 0. The fraction of sp³-hybridized carbons (Fsp3) is 0.577. The second kappa shape index (κ2) is 10.9. The van der Waals surface area contributed by atoms with E-state index in [1.54, 1.807) is 0 Å². The zero-order valence-electron chi connectivity index (χ0n) is 18.5. The third kappa shape index (κ3) is 6.82. The fourth-order valence-electron chi connectivity index (χ4n) is 4.47. The molecule has 2 heterocycles. The summed E-state index contributed by atoms with van der Waals surface area (Å²) in [7, 11) is 0.